The molecule has 2 aliphatic carbocycles. The van der Waals surface area contributed by atoms with Gasteiger partial charge in [-0.05, 0) is 62.7 Å². The third kappa shape index (κ3) is 7.19. The lowest BCUT2D eigenvalue weighted by atomic mass is 9.87. The highest BCUT2D eigenvalue weighted by molar-refractivity contribution is 6.21. The molecule has 4 nitrogen and oxygen atoms in total. The van der Waals surface area contributed by atoms with Crippen LogP contribution < -0.4 is 0 Å². The number of rotatable bonds is 14. The maximum atomic E-state index is 10.6. The molecule has 0 radical (unpaired) electrons. The number of halogens is 2. The molecule has 0 bridgehead atoms. The molecule has 6 heteroatoms. The number of alkyl halides is 2. The lowest BCUT2D eigenvalue weighted by Crippen LogP contribution is -2.22. The standard InChI is InChI=1S/C22H36Cl2O4/c23-14-6-11-22(12-13-22)20(26)9-5-8-17-16(18(24)15-19(17)25)7-3-1-2-4-10-21(27)28/h5,8,16-20,25-26H,1-4,6-7,9-15H2,(H,27,28)/b8-5+/t16-,17-,18-,19-,20?/m1/s1. The van der Waals surface area contributed by atoms with E-state index >= 15 is 0 Å². The molecular weight excluding hydrogens is 399 g/mol. The molecular formula is C22H36Cl2O4. The molecule has 5 atom stereocenters. The van der Waals surface area contributed by atoms with E-state index in [1.165, 1.54) is 0 Å². The van der Waals surface area contributed by atoms with Crippen molar-refractivity contribution in [1.82, 2.24) is 0 Å². The quantitative estimate of drug-likeness (QED) is 0.201. The Morgan fingerprint density at radius 3 is 2.54 bits per heavy atom. The van der Waals surface area contributed by atoms with Crippen LogP contribution in [0.3, 0.4) is 0 Å². The van der Waals surface area contributed by atoms with E-state index in [1.807, 2.05) is 6.08 Å². The minimum absolute atomic E-state index is 0.0212. The minimum Gasteiger partial charge on any atom is -0.481 e. The van der Waals surface area contributed by atoms with E-state index < -0.39 is 12.1 Å². The number of aliphatic carboxylic acids is 1. The van der Waals surface area contributed by atoms with Crippen molar-refractivity contribution in [2.45, 2.75) is 94.6 Å². The molecule has 3 N–H and O–H groups in total. The van der Waals surface area contributed by atoms with Gasteiger partial charge in [0.15, 0.2) is 0 Å². The molecule has 28 heavy (non-hydrogen) atoms. The molecule has 2 saturated carbocycles. The fourth-order valence-electron chi connectivity index (χ4n) is 4.69. The molecule has 2 aliphatic rings. The average molecular weight is 435 g/mol. The van der Waals surface area contributed by atoms with Crippen molar-refractivity contribution in [3.05, 3.63) is 12.2 Å². The third-order valence-electron chi connectivity index (χ3n) is 6.67. The lowest BCUT2D eigenvalue weighted by Gasteiger charge is -2.22. The lowest BCUT2D eigenvalue weighted by molar-refractivity contribution is -0.137. The number of carboxylic acids is 1. The van der Waals surface area contributed by atoms with Gasteiger partial charge < -0.3 is 15.3 Å². The van der Waals surface area contributed by atoms with Gasteiger partial charge in [0.25, 0.3) is 0 Å². The Labute approximate surface area is 179 Å². The van der Waals surface area contributed by atoms with Crippen LogP contribution in [0.1, 0.15) is 77.0 Å². The Kier molecular flexibility index (Phi) is 10.1. The van der Waals surface area contributed by atoms with Crippen LogP contribution in [0.25, 0.3) is 0 Å². The number of unbranched alkanes of at least 4 members (excludes halogenated alkanes) is 3. The van der Waals surface area contributed by atoms with Crippen LogP contribution in [0.5, 0.6) is 0 Å². The molecule has 1 unspecified atom stereocenters. The van der Waals surface area contributed by atoms with Crippen molar-refractivity contribution < 1.29 is 20.1 Å². The molecule has 0 aliphatic heterocycles. The van der Waals surface area contributed by atoms with Gasteiger partial charge in [-0.3, -0.25) is 4.79 Å². The second kappa shape index (κ2) is 11.8. The molecule has 0 aromatic rings. The summed E-state index contributed by atoms with van der Waals surface area (Å²) in [6.07, 6.45) is 13.6. The van der Waals surface area contributed by atoms with Crippen molar-refractivity contribution in [1.29, 1.82) is 0 Å². The highest BCUT2D eigenvalue weighted by atomic mass is 35.5. The van der Waals surface area contributed by atoms with Crippen molar-refractivity contribution in [3.63, 3.8) is 0 Å². The highest BCUT2D eigenvalue weighted by Gasteiger charge is 2.47. The highest BCUT2D eigenvalue weighted by Crippen LogP contribution is 2.53. The Hall–Kier alpha value is -0.290. The van der Waals surface area contributed by atoms with E-state index in [2.05, 4.69) is 6.08 Å². The fourth-order valence-corrected chi connectivity index (χ4v) is 5.30. The van der Waals surface area contributed by atoms with Gasteiger partial charge in [0, 0.05) is 23.6 Å². The molecule has 2 fully saturated rings. The zero-order valence-electron chi connectivity index (χ0n) is 16.7. The first-order chi connectivity index (χ1) is 13.4. The van der Waals surface area contributed by atoms with E-state index in [0.29, 0.717) is 18.7 Å². The second-order valence-electron chi connectivity index (χ2n) is 8.74. The van der Waals surface area contributed by atoms with Crippen LogP contribution in [0, 0.1) is 17.3 Å². The molecule has 0 heterocycles. The zero-order valence-corrected chi connectivity index (χ0v) is 18.3. The monoisotopic (exact) mass is 434 g/mol. The summed E-state index contributed by atoms with van der Waals surface area (Å²) >= 11 is 12.3. The van der Waals surface area contributed by atoms with Crippen molar-refractivity contribution in [2.24, 2.45) is 17.3 Å². The molecule has 162 valence electrons. The van der Waals surface area contributed by atoms with Gasteiger partial charge in [0.2, 0.25) is 0 Å². The van der Waals surface area contributed by atoms with Crippen LogP contribution >= 0.6 is 23.2 Å². The van der Waals surface area contributed by atoms with E-state index in [4.69, 9.17) is 28.3 Å². The van der Waals surface area contributed by atoms with Crippen LogP contribution in [-0.2, 0) is 4.79 Å². The number of carbonyl (C=O) groups is 1. The van der Waals surface area contributed by atoms with Gasteiger partial charge in [0.05, 0.1) is 12.2 Å². The molecule has 2 rings (SSSR count). The summed E-state index contributed by atoms with van der Waals surface area (Å²) in [4.78, 5) is 10.6. The Morgan fingerprint density at radius 2 is 1.89 bits per heavy atom. The summed E-state index contributed by atoms with van der Waals surface area (Å²) in [5.41, 5.74) is 0.0674. The molecule has 0 spiro atoms. The summed E-state index contributed by atoms with van der Waals surface area (Å²) < 4.78 is 0. The molecule has 0 saturated heterocycles. The van der Waals surface area contributed by atoms with Gasteiger partial charge in [0.1, 0.15) is 0 Å². The first kappa shape index (κ1) is 24.0. The third-order valence-corrected chi connectivity index (χ3v) is 7.44. The van der Waals surface area contributed by atoms with E-state index in [-0.39, 0.29) is 35.2 Å². The van der Waals surface area contributed by atoms with E-state index in [0.717, 1.165) is 57.8 Å². The largest absolute Gasteiger partial charge is 0.481 e. The summed E-state index contributed by atoms with van der Waals surface area (Å²) in [5.74, 6) is 0.207. The topological polar surface area (TPSA) is 77.8 Å². The zero-order chi connectivity index (χ0) is 20.6. The van der Waals surface area contributed by atoms with E-state index in [9.17, 15) is 15.0 Å². The predicted molar refractivity (Wildman–Crippen MR) is 114 cm³/mol. The first-order valence-electron chi connectivity index (χ1n) is 10.8. The van der Waals surface area contributed by atoms with Gasteiger partial charge in [-0.2, -0.15) is 0 Å². The van der Waals surface area contributed by atoms with Gasteiger partial charge in [-0.25, -0.2) is 0 Å². The number of hydrogen-bond acceptors (Lipinski definition) is 3. The Balaban J connectivity index is 1.76. The molecule has 0 aromatic carbocycles. The minimum atomic E-state index is -0.734. The number of hydrogen-bond donors (Lipinski definition) is 3. The predicted octanol–water partition coefficient (Wildman–Crippen LogP) is 5.12. The van der Waals surface area contributed by atoms with Gasteiger partial charge >= 0.3 is 5.97 Å². The van der Waals surface area contributed by atoms with Crippen molar-refractivity contribution in [3.8, 4) is 0 Å². The summed E-state index contributed by atoms with van der Waals surface area (Å²) in [6, 6.07) is 0. The smallest absolute Gasteiger partial charge is 0.303 e. The van der Waals surface area contributed by atoms with Crippen LogP contribution in [-0.4, -0.2) is 44.8 Å². The number of aliphatic hydroxyl groups excluding tert-OH is 2. The summed E-state index contributed by atoms with van der Waals surface area (Å²) in [5, 5.41) is 29.6. The number of aliphatic hydroxyl groups is 2. The second-order valence-corrected chi connectivity index (χ2v) is 9.68. The Bertz CT molecular complexity index is 507. The summed E-state index contributed by atoms with van der Waals surface area (Å²) in [6.45, 7) is 0. The number of carboxylic acid groups (broad SMARTS) is 1. The average Bonchev–Trinajstić information content (AvgIpc) is 3.39. The fraction of sp³-hybridized carbons (Fsp3) is 0.864. The Morgan fingerprint density at radius 1 is 1.18 bits per heavy atom. The van der Waals surface area contributed by atoms with Crippen molar-refractivity contribution >= 4 is 29.2 Å². The van der Waals surface area contributed by atoms with Crippen LogP contribution in [0.15, 0.2) is 12.2 Å². The summed E-state index contributed by atoms with van der Waals surface area (Å²) in [7, 11) is 0. The van der Waals surface area contributed by atoms with Gasteiger partial charge in [-0.15, -0.1) is 23.2 Å². The SMILES string of the molecule is O=C(O)CCCCCC[C@@H]1[C@@H](/C=C/CC(O)C2(CCCCl)CC2)[C@H](O)C[C@H]1Cl. The van der Waals surface area contributed by atoms with Gasteiger partial charge in [-0.1, -0.05) is 31.4 Å². The maximum absolute atomic E-state index is 10.6. The normalized spacial score (nSPS) is 30.0. The molecule has 0 aromatic heterocycles. The van der Waals surface area contributed by atoms with Crippen molar-refractivity contribution in [2.75, 3.05) is 5.88 Å². The maximum Gasteiger partial charge on any atom is 0.303 e. The van der Waals surface area contributed by atoms with E-state index in [1.54, 1.807) is 0 Å². The van der Waals surface area contributed by atoms with Crippen LogP contribution in [0.2, 0.25) is 0 Å². The molecule has 0 amide bonds. The first-order valence-corrected chi connectivity index (χ1v) is 11.8. The van der Waals surface area contributed by atoms with Crippen LogP contribution in [0.4, 0.5) is 0 Å².